The van der Waals surface area contributed by atoms with Gasteiger partial charge in [0.25, 0.3) is 0 Å². The molecule has 14 heavy (non-hydrogen) atoms. The molecule has 0 atom stereocenters. The SMILES string of the molecule is O=CC1(c2c(F)ccc(F)c2Cl)CC1. The van der Waals surface area contributed by atoms with Gasteiger partial charge in [-0.15, -0.1) is 0 Å². The number of benzene rings is 1. The first-order valence-corrected chi connectivity index (χ1v) is 4.59. The predicted octanol–water partition coefficient (Wildman–Crippen LogP) is 2.85. The van der Waals surface area contributed by atoms with Crippen molar-refractivity contribution in [2.45, 2.75) is 18.3 Å². The highest BCUT2D eigenvalue weighted by Gasteiger charge is 2.48. The molecule has 0 N–H and O–H groups in total. The molecule has 74 valence electrons. The third-order valence-electron chi connectivity index (χ3n) is 2.56. The molecular formula is C10H7ClF2O. The number of carbonyl (C=O) groups excluding carboxylic acids is 1. The lowest BCUT2D eigenvalue weighted by molar-refractivity contribution is -0.109. The molecule has 0 saturated heterocycles. The summed E-state index contributed by atoms with van der Waals surface area (Å²) >= 11 is 5.63. The maximum atomic E-state index is 13.3. The summed E-state index contributed by atoms with van der Waals surface area (Å²) in [6.07, 6.45) is 1.73. The van der Waals surface area contributed by atoms with Crippen LogP contribution in [0.15, 0.2) is 12.1 Å². The Morgan fingerprint density at radius 3 is 2.36 bits per heavy atom. The van der Waals surface area contributed by atoms with Crippen molar-refractivity contribution in [3.63, 3.8) is 0 Å². The summed E-state index contributed by atoms with van der Waals surface area (Å²) in [7, 11) is 0. The normalized spacial score (nSPS) is 17.9. The van der Waals surface area contributed by atoms with E-state index in [2.05, 4.69) is 0 Å². The van der Waals surface area contributed by atoms with Crippen LogP contribution in [0.3, 0.4) is 0 Å². The van der Waals surface area contributed by atoms with Crippen molar-refractivity contribution < 1.29 is 13.6 Å². The maximum absolute atomic E-state index is 13.3. The second-order valence-electron chi connectivity index (χ2n) is 3.49. The maximum Gasteiger partial charge on any atom is 0.142 e. The molecule has 0 heterocycles. The molecule has 0 amide bonds. The number of carbonyl (C=O) groups is 1. The van der Waals surface area contributed by atoms with Gasteiger partial charge in [0.05, 0.1) is 10.4 Å². The fourth-order valence-electron chi connectivity index (χ4n) is 1.54. The van der Waals surface area contributed by atoms with E-state index in [1.165, 1.54) is 0 Å². The van der Waals surface area contributed by atoms with Crippen molar-refractivity contribution in [1.29, 1.82) is 0 Å². The van der Waals surface area contributed by atoms with Crippen LogP contribution in [0.5, 0.6) is 0 Å². The van der Waals surface area contributed by atoms with Crippen molar-refractivity contribution in [2.24, 2.45) is 0 Å². The average Bonchev–Trinajstić information content (AvgIpc) is 2.93. The fourth-order valence-corrected chi connectivity index (χ4v) is 1.89. The van der Waals surface area contributed by atoms with Crippen molar-refractivity contribution in [1.82, 2.24) is 0 Å². The quantitative estimate of drug-likeness (QED) is 0.549. The summed E-state index contributed by atoms with van der Waals surface area (Å²) in [6.45, 7) is 0. The summed E-state index contributed by atoms with van der Waals surface area (Å²) < 4.78 is 26.4. The molecule has 1 aromatic rings. The van der Waals surface area contributed by atoms with Crippen molar-refractivity contribution in [3.8, 4) is 0 Å². The third-order valence-corrected chi connectivity index (χ3v) is 2.93. The van der Waals surface area contributed by atoms with E-state index in [4.69, 9.17) is 11.6 Å². The lowest BCUT2D eigenvalue weighted by atomic mass is 9.97. The van der Waals surface area contributed by atoms with Gasteiger partial charge >= 0.3 is 0 Å². The molecule has 0 aromatic heterocycles. The molecule has 1 aliphatic carbocycles. The minimum Gasteiger partial charge on any atom is -0.302 e. The van der Waals surface area contributed by atoms with Crippen LogP contribution in [-0.2, 0) is 10.2 Å². The lowest BCUT2D eigenvalue weighted by Gasteiger charge is -2.11. The summed E-state index contributed by atoms with van der Waals surface area (Å²) in [4.78, 5) is 10.8. The van der Waals surface area contributed by atoms with Crippen molar-refractivity contribution in [3.05, 3.63) is 34.4 Å². The zero-order chi connectivity index (χ0) is 10.3. The highest BCUT2D eigenvalue weighted by atomic mass is 35.5. The largest absolute Gasteiger partial charge is 0.302 e. The van der Waals surface area contributed by atoms with Crippen LogP contribution in [-0.4, -0.2) is 6.29 Å². The molecule has 4 heteroatoms. The van der Waals surface area contributed by atoms with E-state index in [1.54, 1.807) is 0 Å². The molecule has 0 bridgehead atoms. The number of aldehydes is 1. The minimum atomic E-state index is -0.872. The molecule has 1 aliphatic rings. The topological polar surface area (TPSA) is 17.1 Å². The number of rotatable bonds is 2. The van der Waals surface area contributed by atoms with E-state index in [1.807, 2.05) is 0 Å². The van der Waals surface area contributed by atoms with Gasteiger partial charge in [-0.1, -0.05) is 11.6 Å². The lowest BCUT2D eigenvalue weighted by Crippen LogP contribution is -2.12. The monoisotopic (exact) mass is 216 g/mol. The summed E-state index contributed by atoms with van der Waals surface area (Å²) in [5.41, 5.74) is -0.863. The molecular weight excluding hydrogens is 210 g/mol. The van der Waals surface area contributed by atoms with E-state index < -0.39 is 17.0 Å². The molecule has 1 fully saturated rings. The third kappa shape index (κ3) is 1.23. The van der Waals surface area contributed by atoms with E-state index in [-0.39, 0.29) is 10.6 Å². The summed E-state index contributed by atoms with van der Waals surface area (Å²) in [6, 6.07) is 1.96. The van der Waals surface area contributed by atoms with Crippen LogP contribution in [0.25, 0.3) is 0 Å². The number of hydrogen-bond acceptors (Lipinski definition) is 1. The average molecular weight is 217 g/mol. The summed E-state index contributed by atoms with van der Waals surface area (Å²) in [5.74, 6) is -1.29. The minimum absolute atomic E-state index is 0.00849. The van der Waals surface area contributed by atoms with E-state index >= 15 is 0 Å². The van der Waals surface area contributed by atoms with E-state index in [0.29, 0.717) is 19.1 Å². The van der Waals surface area contributed by atoms with Crippen LogP contribution in [0, 0.1) is 11.6 Å². The predicted molar refractivity (Wildman–Crippen MR) is 48.3 cm³/mol. The molecule has 0 unspecified atom stereocenters. The Morgan fingerprint density at radius 2 is 1.86 bits per heavy atom. The molecule has 2 rings (SSSR count). The van der Waals surface area contributed by atoms with Gasteiger partial charge in [0, 0.05) is 5.56 Å². The summed E-state index contributed by atoms with van der Waals surface area (Å²) in [5, 5.41) is -0.269. The van der Waals surface area contributed by atoms with Gasteiger partial charge in [0.15, 0.2) is 0 Å². The molecule has 0 radical (unpaired) electrons. The second kappa shape index (κ2) is 3.02. The molecule has 1 nitrogen and oxygen atoms in total. The van der Waals surface area contributed by atoms with Crippen LogP contribution in [0.1, 0.15) is 18.4 Å². The Kier molecular flexibility index (Phi) is 2.07. The molecule has 1 aromatic carbocycles. The van der Waals surface area contributed by atoms with Crippen LogP contribution in [0.4, 0.5) is 8.78 Å². The Hall–Kier alpha value is -0.960. The Labute approximate surface area is 84.7 Å². The first kappa shape index (κ1) is 9.59. The van der Waals surface area contributed by atoms with Crippen LogP contribution in [0.2, 0.25) is 5.02 Å². The second-order valence-corrected chi connectivity index (χ2v) is 3.87. The van der Waals surface area contributed by atoms with Crippen LogP contribution < -0.4 is 0 Å². The van der Waals surface area contributed by atoms with Crippen LogP contribution >= 0.6 is 11.6 Å². The number of halogens is 3. The first-order chi connectivity index (χ1) is 6.60. The van der Waals surface area contributed by atoms with Gasteiger partial charge in [0.2, 0.25) is 0 Å². The first-order valence-electron chi connectivity index (χ1n) is 4.21. The number of hydrogen-bond donors (Lipinski definition) is 0. The highest BCUT2D eigenvalue weighted by molar-refractivity contribution is 6.32. The van der Waals surface area contributed by atoms with E-state index in [9.17, 15) is 13.6 Å². The smallest absolute Gasteiger partial charge is 0.142 e. The van der Waals surface area contributed by atoms with Gasteiger partial charge in [-0.05, 0) is 25.0 Å². The van der Waals surface area contributed by atoms with Crippen molar-refractivity contribution in [2.75, 3.05) is 0 Å². The Morgan fingerprint density at radius 1 is 1.29 bits per heavy atom. The zero-order valence-corrected chi connectivity index (χ0v) is 7.94. The molecule has 0 spiro atoms. The zero-order valence-electron chi connectivity index (χ0n) is 7.19. The molecule has 0 aliphatic heterocycles. The van der Waals surface area contributed by atoms with Gasteiger partial charge in [-0.25, -0.2) is 8.78 Å². The molecule has 1 saturated carbocycles. The fraction of sp³-hybridized carbons (Fsp3) is 0.300. The Balaban J connectivity index is 2.62. The Bertz CT molecular complexity index is 399. The van der Waals surface area contributed by atoms with Gasteiger partial charge < -0.3 is 4.79 Å². The highest BCUT2D eigenvalue weighted by Crippen LogP contribution is 2.50. The standard InChI is InChI=1S/C10H7ClF2O/c11-9-7(13)2-1-6(12)8(9)10(5-14)3-4-10/h1-2,5H,3-4H2. The van der Waals surface area contributed by atoms with Crippen molar-refractivity contribution >= 4 is 17.9 Å². The van der Waals surface area contributed by atoms with Gasteiger partial charge in [-0.2, -0.15) is 0 Å². The van der Waals surface area contributed by atoms with Gasteiger partial charge in [0.1, 0.15) is 17.9 Å². The van der Waals surface area contributed by atoms with E-state index in [0.717, 1.165) is 12.1 Å². The van der Waals surface area contributed by atoms with Gasteiger partial charge in [-0.3, -0.25) is 0 Å².